The topological polar surface area (TPSA) is 63.9 Å². The van der Waals surface area contributed by atoms with Crippen LogP contribution in [0.2, 0.25) is 0 Å². The van der Waals surface area contributed by atoms with Crippen molar-refractivity contribution in [1.29, 1.82) is 0 Å². The molecule has 6 nitrogen and oxygen atoms in total. The van der Waals surface area contributed by atoms with Crippen LogP contribution in [0.15, 0.2) is 42.7 Å². The standard InChI is InChI=1S/C21H22FN5O/c1-14-24-17(13-18(25-14)20-23-10-12-26(20)2)19-9-5-6-11-27(19)21(28)15-7-3-4-8-16(15)22/h3-4,7-8,10,12-13,19H,5-6,9,11H2,1-2H3. The molecule has 7 heteroatoms. The molecular formula is C21H22FN5O. The summed E-state index contributed by atoms with van der Waals surface area (Å²) in [6.45, 7) is 2.42. The van der Waals surface area contributed by atoms with E-state index in [-0.39, 0.29) is 17.5 Å². The Hall–Kier alpha value is -3.09. The fourth-order valence-corrected chi connectivity index (χ4v) is 3.76. The van der Waals surface area contributed by atoms with E-state index in [4.69, 9.17) is 0 Å². The quantitative estimate of drug-likeness (QED) is 0.696. The number of aryl methyl sites for hydroxylation is 2. The molecule has 1 unspecified atom stereocenters. The first-order valence-corrected chi connectivity index (χ1v) is 9.43. The largest absolute Gasteiger partial charge is 0.333 e. The molecule has 0 bridgehead atoms. The Morgan fingerprint density at radius 1 is 1.21 bits per heavy atom. The van der Waals surface area contributed by atoms with E-state index in [1.54, 1.807) is 23.2 Å². The molecule has 1 aliphatic rings. The van der Waals surface area contributed by atoms with Gasteiger partial charge in [-0.05, 0) is 44.4 Å². The first-order valence-electron chi connectivity index (χ1n) is 9.43. The van der Waals surface area contributed by atoms with Crippen LogP contribution in [0, 0.1) is 12.7 Å². The molecule has 28 heavy (non-hydrogen) atoms. The van der Waals surface area contributed by atoms with Gasteiger partial charge in [-0.25, -0.2) is 19.3 Å². The second-order valence-electron chi connectivity index (χ2n) is 7.08. The molecule has 1 fully saturated rings. The Labute approximate surface area is 163 Å². The maximum Gasteiger partial charge on any atom is 0.257 e. The summed E-state index contributed by atoms with van der Waals surface area (Å²) in [7, 11) is 1.91. The summed E-state index contributed by atoms with van der Waals surface area (Å²) in [4.78, 5) is 28.3. The van der Waals surface area contributed by atoms with Crippen molar-refractivity contribution in [1.82, 2.24) is 24.4 Å². The molecule has 1 aliphatic heterocycles. The molecule has 0 spiro atoms. The van der Waals surface area contributed by atoms with Crippen LogP contribution in [0.5, 0.6) is 0 Å². The molecule has 4 rings (SSSR count). The number of nitrogens with zero attached hydrogens (tertiary/aromatic N) is 5. The number of likely N-dealkylation sites (tertiary alicyclic amines) is 1. The van der Waals surface area contributed by atoms with Gasteiger partial charge in [0.1, 0.15) is 17.3 Å². The van der Waals surface area contributed by atoms with Crippen molar-refractivity contribution >= 4 is 5.91 Å². The third-order valence-corrected chi connectivity index (χ3v) is 5.12. The number of amides is 1. The number of benzene rings is 1. The van der Waals surface area contributed by atoms with Gasteiger partial charge in [-0.15, -0.1) is 0 Å². The van der Waals surface area contributed by atoms with Crippen LogP contribution in [-0.4, -0.2) is 36.9 Å². The van der Waals surface area contributed by atoms with E-state index in [9.17, 15) is 9.18 Å². The maximum absolute atomic E-state index is 14.2. The van der Waals surface area contributed by atoms with Gasteiger partial charge in [0, 0.05) is 26.0 Å². The molecule has 3 heterocycles. The van der Waals surface area contributed by atoms with Crippen molar-refractivity contribution in [3.63, 3.8) is 0 Å². The van der Waals surface area contributed by atoms with Crippen LogP contribution in [0.4, 0.5) is 4.39 Å². The van der Waals surface area contributed by atoms with E-state index in [0.29, 0.717) is 12.4 Å². The Morgan fingerprint density at radius 3 is 2.79 bits per heavy atom. The Balaban J connectivity index is 1.72. The zero-order valence-electron chi connectivity index (χ0n) is 16.0. The maximum atomic E-state index is 14.2. The number of hydrogen-bond donors (Lipinski definition) is 0. The van der Waals surface area contributed by atoms with Crippen LogP contribution in [-0.2, 0) is 7.05 Å². The van der Waals surface area contributed by atoms with Gasteiger partial charge in [0.2, 0.25) is 0 Å². The number of carbonyl (C=O) groups is 1. The minimum Gasteiger partial charge on any atom is -0.333 e. The second-order valence-corrected chi connectivity index (χ2v) is 7.08. The SMILES string of the molecule is Cc1nc(-c2nccn2C)cc(C2CCCCN2C(=O)c2ccccc2F)n1. The lowest BCUT2D eigenvalue weighted by molar-refractivity contribution is 0.0601. The summed E-state index contributed by atoms with van der Waals surface area (Å²) in [6.07, 6.45) is 6.26. The highest BCUT2D eigenvalue weighted by Crippen LogP contribution is 2.33. The predicted molar refractivity (Wildman–Crippen MR) is 103 cm³/mol. The van der Waals surface area contributed by atoms with Crippen LogP contribution >= 0.6 is 0 Å². The molecule has 3 aromatic rings. The van der Waals surface area contributed by atoms with Crippen LogP contribution in [0.25, 0.3) is 11.5 Å². The first-order chi connectivity index (χ1) is 13.5. The zero-order valence-corrected chi connectivity index (χ0v) is 16.0. The van der Waals surface area contributed by atoms with Crippen molar-refractivity contribution in [3.05, 3.63) is 65.6 Å². The van der Waals surface area contributed by atoms with Crippen molar-refractivity contribution < 1.29 is 9.18 Å². The molecular weight excluding hydrogens is 357 g/mol. The van der Waals surface area contributed by atoms with E-state index in [1.165, 1.54) is 12.1 Å². The number of piperidine rings is 1. The molecule has 0 saturated carbocycles. The van der Waals surface area contributed by atoms with Crippen molar-refractivity contribution in [2.75, 3.05) is 6.54 Å². The fraction of sp³-hybridized carbons (Fsp3) is 0.333. The lowest BCUT2D eigenvalue weighted by Crippen LogP contribution is -2.39. The number of aromatic nitrogens is 4. The van der Waals surface area contributed by atoms with Gasteiger partial charge in [0.25, 0.3) is 5.91 Å². The highest BCUT2D eigenvalue weighted by Gasteiger charge is 2.31. The molecule has 0 N–H and O–H groups in total. The van der Waals surface area contributed by atoms with Crippen LogP contribution in [0.1, 0.15) is 47.2 Å². The summed E-state index contributed by atoms with van der Waals surface area (Å²) in [5.41, 5.74) is 1.60. The van der Waals surface area contributed by atoms with Crippen molar-refractivity contribution in [3.8, 4) is 11.5 Å². The van der Waals surface area contributed by atoms with Gasteiger partial charge < -0.3 is 9.47 Å². The molecule has 0 aliphatic carbocycles. The zero-order chi connectivity index (χ0) is 19.7. The minimum atomic E-state index is -0.496. The summed E-state index contributed by atoms with van der Waals surface area (Å²) < 4.78 is 16.1. The summed E-state index contributed by atoms with van der Waals surface area (Å²) in [5, 5.41) is 0. The predicted octanol–water partition coefficient (Wildman–Crippen LogP) is 3.69. The van der Waals surface area contributed by atoms with Gasteiger partial charge in [-0.1, -0.05) is 12.1 Å². The first kappa shape index (κ1) is 18.3. The summed E-state index contributed by atoms with van der Waals surface area (Å²) >= 11 is 0. The average molecular weight is 379 g/mol. The van der Waals surface area contributed by atoms with Crippen LogP contribution < -0.4 is 0 Å². The van der Waals surface area contributed by atoms with Gasteiger partial charge in [-0.2, -0.15) is 0 Å². The molecule has 1 amide bonds. The molecule has 144 valence electrons. The van der Waals surface area contributed by atoms with Crippen LogP contribution in [0.3, 0.4) is 0 Å². The van der Waals surface area contributed by atoms with Gasteiger partial charge >= 0.3 is 0 Å². The van der Waals surface area contributed by atoms with E-state index < -0.39 is 5.82 Å². The lowest BCUT2D eigenvalue weighted by atomic mass is 9.97. The van der Waals surface area contributed by atoms with Gasteiger partial charge in [0.05, 0.1) is 17.3 Å². The smallest absolute Gasteiger partial charge is 0.257 e. The Bertz CT molecular complexity index is 1020. The number of imidazole rings is 1. The van der Waals surface area contributed by atoms with E-state index in [1.807, 2.05) is 30.8 Å². The van der Waals surface area contributed by atoms with E-state index in [2.05, 4.69) is 15.0 Å². The number of rotatable bonds is 3. The highest BCUT2D eigenvalue weighted by molar-refractivity contribution is 5.94. The van der Waals surface area contributed by atoms with E-state index in [0.717, 1.165) is 36.5 Å². The summed E-state index contributed by atoms with van der Waals surface area (Å²) in [5.74, 6) is 0.580. The third-order valence-electron chi connectivity index (χ3n) is 5.12. The van der Waals surface area contributed by atoms with Gasteiger partial charge in [0.15, 0.2) is 5.82 Å². The molecule has 1 atom stereocenters. The molecule has 1 saturated heterocycles. The number of carbonyl (C=O) groups excluding carboxylic acids is 1. The van der Waals surface area contributed by atoms with E-state index >= 15 is 0 Å². The fourth-order valence-electron chi connectivity index (χ4n) is 3.76. The summed E-state index contributed by atoms with van der Waals surface area (Å²) in [6, 6.07) is 7.82. The minimum absolute atomic E-state index is 0.101. The molecule has 0 radical (unpaired) electrons. The average Bonchev–Trinajstić information content (AvgIpc) is 3.13. The molecule has 2 aromatic heterocycles. The third kappa shape index (κ3) is 3.40. The van der Waals surface area contributed by atoms with Crippen molar-refractivity contribution in [2.24, 2.45) is 7.05 Å². The van der Waals surface area contributed by atoms with Gasteiger partial charge in [-0.3, -0.25) is 4.79 Å². The number of halogens is 1. The highest BCUT2D eigenvalue weighted by atomic mass is 19.1. The van der Waals surface area contributed by atoms with Crippen molar-refractivity contribution in [2.45, 2.75) is 32.2 Å². The second kappa shape index (κ2) is 7.50. The lowest BCUT2D eigenvalue weighted by Gasteiger charge is -2.35. The Kier molecular flexibility index (Phi) is 4.90. The normalized spacial score (nSPS) is 17.0. The monoisotopic (exact) mass is 379 g/mol. The molecule has 1 aromatic carbocycles. The number of hydrogen-bond acceptors (Lipinski definition) is 4. The Morgan fingerprint density at radius 2 is 2.04 bits per heavy atom.